The Labute approximate surface area is 111 Å². The van der Waals surface area contributed by atoms with Crippen LogP contribution in [0, 0.1) is 0 Å². The van der Waals surface area contributed by atoms with Crippen LogP contribution in [-0.2, 0) is 0 Å². The number of hydrogen-bond donors (Lipinski definition) is 2. The van der Waals surface area contributed by atoms with E-state index >= 15 is 0 Å². The van der Waals surface area contributed by atoms with Crippen LogP contribution in [0.25, 0.3) is 0 Å². The van der Waals surface area contributed by atoms with Crippen molar-refractivity contribution in [3.63, 3.8) is 0 Å². The normalized spacial score (nSPS) is 12.1. The highest BCUT2D eigenvalue weighted by Gasteiger charge is 2.10. The summed E-state index contributed by atoms with van der Waals surface area (Å²) in [6.07, 6.45) is 0.987. The summed E-state index contributed by atoms with van der Waals surface area (Å²) in [7, 11) is 0. The molecule has 0 bridgehead atoms. The zero-order valence-electron chi connectivity index (χ0n) is 10.2. The molecule has 4 heteroatoms. The van der Waals surface area contributed by atoms with Crippen molar-refractivity contribution in [2.75, 3.05) is 5.32 Å². The highest BCUT2D eigenvalue weighted by molar-refractivity contribution is 7.10. The molecular formula is C14H16N2OS. The van der Waals surface area contributed by atoms with E-state index in [9.17, 15) is 4.79 Å². The van der Waals surface area contributed by atoms with Crippen molar-refractivity contribution in [2.45, 2.75) is 19.4 Å². The van der Waals surface area contributed by atoms with Gasteiger partial charge in [-0.3, -0.25) is 4.79 Å². The van der Waals surface area contributed by atoms with Gasteiger partial charge in [0.1, 0.15) is 0 Å². The van der Waals surface area contributed by atoms with Gasteiger partial charge in [-0.05, 0) is 36.1 Å². The molecule has 0 aliphatic rings. The van der Waals surface area contributed by atoms with E-state index in [4.69, 9.17) is 5.73 Å². The molecule has 3 nitrogen and oxygen atoms in total. The van der Waals surface area contributed by atoms with Crippen LogP contribution in [0.2, 0.25) is 0 Å². The summed E-state index contributed by atoms with van der Waals surface area (Å²) >= 11 is 1.73. The maximum absolute atomic E-state index is 11.1. The lowest BCUT2D eigenvalue weighted by Crippen LogP contribution is -2.12. The first-order chi connectivity index (χ1) is 8.70. The van der Waals surface area contributed by atoms with E-state index in [1.165, 1.54) is 4.88 Å². The molecular weight excluding hydrogens is 244 g/mol. The van der Waals surface area contributed by atoms with Gasteiger partial charge in [-0.25, -0.2) is 0 Å². The molecule has 1 heterocycles. The molecule has 2 aromatic rings. The Hall–Kier alpha value is -1.81. The van der Waals surface area contributed by atoms with Gasteiger partial charge in [-0.1, -0.05) is 19.1 Å². The van der Waals surface area contributed by atoms with Crippen LogP contribution in [0.1, 0.15) is 34.6 Å². The Bertz CT molecular complexity index is 522. The van der Waals surface area contributed by atoms with Crippen molar-refractivity contribution in [3.05, 3.63) is 52.2 Å². The summed E-state index contributed by atoms with van der Waals surface area (Å²) in [5.41, 5.74) is 6.73. The molecule has 0 saturated carbocycles. The molecule has 1 amide bonds. The first-order valence-corrected chi connectivity index (χ1v) is 6.78. The molecule has 1 unspecified atom stereocenters. The van der Waals surface area contributed by atoms with E-state index in [-0.39, 0.29) is 6.04 Å². The first kappa shape index (κ1) is 12.6. The molecule has 0 fully saturated rings. The second kappa shape index (κ2) is 5.69. The molecule has 0 spiro atoms. The molecule has 0 aliphatic carbocycles. The number of thiophene rings is 1. The van der Waals surface area contributed by atoms with Gasteiger partial charge in [0.05, 0.1) is 6.04 Å². The molecule has 0 saturated heterocycles. The van der Waals surface area contributed by atoms with Gasteiger partial charge in [0.15, 0.2) is 0 Å². The predicted molar refractivity (Wildman–Crippen MR) is 75.9 cm³/mol. The number of nitrogens with two attached hydrogens (primary N) is 1. The molecule has 2 rings (SSSR count). The minimum atomic E-state index is -0.400. The van der Waals surface area contributed by atoms with E-state index in [1.54, 1.807) is 23.5 Å². The lowest BCUT2D eigenvalue weighted by molar-refractivity contribution is 0.100. The predicted octanol–water partition coefficient (Wildman–Crippen LogP) is 3.41. The van der Waals surface area contributed by atoms with Crippen LogP contribution in [-0.4, -0.2) is 5.91 Å². The number of rotatable bonds is 5. The van der Waals surface area contributed by atoms with Crippen molar-refractivity contribution < 1.29 is 4.79 Å². The third-order valence-corrected chi connectivity index (χ3v) is 3.77. The fourth-order valence-corrected chi connectivity index (χ4v) is 2.69. The summed E-state index contributed by atoms with van der Waals surface area (Å²) in [4.78, 5) is 12.4. The van der Waals surface area contributed by atoms with E-state index < -0.39 is 5.91 Å². The lowest BCUT2D eigenvalue weighted by atomic mass is 10.1. The number of primary amides is 1. The van der Waals surface area contributed by atoms with Crippen LogP contribution in [0.4, 0.5) is 5.69 Å². The standard InChI is InChI=1S/C14H16N2OS/c1-2-12(13-7-4-8-18-13)16-11-6-3-5-10(9-11)14(15)17/h3-9,12,16H,2H2,1H3,(H2,15,17). The number of nitrogens with one attached hydrogen (secondary N) is 1. The second-order valence-electron chi connectivity index (χ2n) is 4.07. The topological polar surface area (TPSA) is 55.1 Å². The maximum Gasteiger partial charge on any atom is 0.248 e. The lowest BCUT2D eigenvalue weighted by Gasteiger charge is -2.17. The zero-order valence-corrected chi connectivity index (χ0v) is 11.0. The second-order valence-corrected chi connectivity index (χ2v) is 5.04. The number of carbonyl (C=O) groups is 1. The van der Waals surface area contributed by atoms with Gasteiger partial charge in [-0.2, -0.15) is 0 Å². The van der Waals surface area contributed by atoms with Crippen LogP contribution in [0.5, 0.6) is 0 Å². The number of carbonyl (C=O) groups excluding carboxylic acids is 1. The van der Waals surface area contributed by atoms with Gasteiger partial charge in [0.2, 0.25) is 5.91 Å². The minimum Gasteiger partial charge on any atom is -0.377 e. The smallest absolute Gasteiger partial charge is 0.248 e. The van der Waals surface area contributed by atoms with E-state index in [0.29, 0.717) is 5.56 Å². The Morgan fingerprint density at radius 2 is 2.22 bits per heavy atom. The first-order valence-electron chi connectivity index (χ1n) is 5.90. The van der Waals surface area contributed by atoms with E-state index in [0.717, 1.165) is 12.1 Å². The largest absolute Gasteiger partial charge is 0.377 e. The molecule has 0 aliphatic heterocycles. The third-order valence-electron chi connectivity index (χ3n) is 2.78. The van der Waals surface area contributed by atoms with Crippen LogP contribution >= 0.6 is 11.3 Å². The number of benzene rings is 1. The number of hydrogen-bond acceptors (Lipinski definition) is 3. The van der Waals surface area contributed by atoms with Crippen LogP contribution in [0.15, 0.2) is 41.8 Å². The minimum absolute atomic E-state index is 0.271. The van der Waals surface area contributed by atoms with Crippen molar-refractivity contribution in [1.29, 1.82) is 0 Å². The van der Waals surface area contributed by atoms with Gasteiger partial charge in [0, 0.05) is 16.1 Å². The van der Waals surface area contributed by atoms with Gasteiger partial charge in [-0.15, -0.1) is 11.3 Å². The SMILES string of the molecule is CCC(Nc1cccc(C(N)=O)c1)c1cccs1. The zero-order chi connectivity index (χ0) is 13.0. The van der Waals surface area contributed by atoms with E-state index in [2.05, 4.69) is 23.7 Å². The van der Waals surface area contributed by atoms with Crippen molar-refractivity contribution in [2.24, 2.45) is 5.73 Å². The molecule has 94 valence electrons. The van der Waals surface area contributed by atoms with Crippen molar-refractivity contribution in [3.8, 4) is 0 Å². The average molecular weight is 260 g/mol. The Balaban J connectivity index is 2.17. The summed E-state index contributed by atoms with van der Waals surface area (Å²) in [5, 5.41) is 5.50. The quantitative estimate of drug-likeness (QED) is 0.865. The summed E-state index contributed by atoms with van der Waals surface area (Å²) in [6, 6.07) is 11.7. The Morgan fingerprint density at radius 1 is 1.39 bits per heavy atom. The average Bonchev–Trinajstić information content (AvgIpc) is 2.90. The van der Waals surface area contributed by atoms with Crippen LogP contribution < -0.4 is 11.1 Å². The van der Waals surface area contributed by atoms with Crippen molar-refractivity contribution in [1.82, 2.24) is 0 Å². The van der Waals surface area contributed by atoms with E-state index in [1.807, 2.05) is 18.2 Å². The van der Waals surface area contributed by atoms with Crippen molar-refractivity contribution >= 4 is 22.9 Å². The van der Waals surface area contributed by atoms with Gasteiger partial charge in [0.25, 0.3) is 0 Å². The molecule has 0 radical (unpaired) electrons. The molecule has 1 aromatic heterocycles. The molecule has 18 heavy (non-hydrogen) atoms. The summed E-state index contributed by atoms with van der Waals surface area (Å²) in [6.45, 7) is 2.13. The van der Waals surface area contributed by atoms with Gasteiger partial charge >= 0.3 is 0 Å². The Kier molecular flexibility index (Phi) is 3.99. The summed E-state index contributed by atoms with van der Waals surface area (Å²) in [5.74, 6) is -0.400. The third kappa shape index (κ3) is 2.90. The maximum atomic E-state index is 11.1. The highest BCUT2D eigenvalue weighted by Crippen LogP contribution is 2.26. The fraction of sp³-hybridized carbons (Fsp3) is 0.214. The molecule has 1 atom stereocenters. The fourth-order valence-electron chi connectivity index (χ4n) is 1.83. The summed E-state index contributed by atoms with van der Waals surface area (Å²) < 4.78 is 0. The van der Waals surface area contributed by atoms with Crippen LogP contribution in [0.3, 0.4) is 0 Å². The number of anilines is 1. The monoisotopic (exact) mass is 260 g/mol. The van der Waals surface area contributed by atoms with Gasteiger partial charge < -0.3 is 11.1 Å². The highest BCUT2D eigenvalue weighted by atomic mass is 32.1. The Morgan fingerprint density at radius 3 is 2.83 bits per heavy atom. The number of amides is 1. The molecule has 1 aromatic carbocycles. The molecule has 3 N–H and O–H groups in total.